The summed E-state index contributed by atoms with van der Waals surface area (Å²) in [7, 11) is 0. The molecule has 0 fully saturated rings. The number of aliphatic hydroxyl groups is 1. The largest absolute Gasteiger partial charge is 0.464 e. The molecule has 0 saturated carbocycles. The summed E-state index contributed by atoms with van der Waals surface area (Å²) in [6.45, 7) is 0.282. The zero-order chi connectivity index (χ0) is 30.6. The second kappa shape index (κ2) is 15.4. The predicted octanol–water partition coefficient (Wildman–Crippen LogP) is 2.34. The number of carbonyl (C=O) groups is 3. The zero-order valence-corrected chi connectivity index (χ0v) is 23.6. The van der Waals surface area contributed by atoms with E-state index < -0.39 is 36.1 Å². The molecule has 1 aromatic heterocycles. The van der Waals surface area contributed by atoms with Gasteiger partial charge in [-0.25, -0.2) is 9.80 Å². The molecular formula is C32H36N6O5. The van der Waals surface area contributed by atoms with Gasteiger partial charge in [0.1, 0.15) is 0 Å². The Morgan fingerprint density at radius 1 is 0.860 bits per heavy atom. The molecule has 7 N–H and O–H groups in total. The highest BCUT2D eigenvalue weighted by atomic mass is 16.4. The van der Waals surface area contributed by atoms with Crippen LogP contribution >= 0.6 is 0 Å². The number of amides is 3. The molecule has 0 aliphatic carbocycles. The summed E-state index contributed by atoms with van der Waals surface area (Å²) >= 11 is 0. The number of benzene rings is 3. The van der Waals surface area contributed by atoms with E-state index in [-0.39, 0.29) is 32.5 Å². The molecule has 0 saturated heterocycles. The average Bonchev–Trinajstić information content (AvgIpc) is 2.99. The topological polar surface area (TPSA) is 170 Å². The lowest BCUT2D eigenvalue weighted by Gasteiger charge is -2.31. The van der Waals surface area contributed by atoms with E-state index in [1.54, 1.807) is 0 Å². The maximum absolute atomic E-state index is 13.5. The standard InChI is InChI=1S/C32H36N6O5/c33-30(40)18-28(34-19-25-16-15-24-13-7-8-14-26(24)35-25)31(41)36-27(17-22-9-3-1-4-10-22)29(39)21-38(37-32(42)43)20-23-11-5-2-6-12-23/h1-16,27-29,34,37,39H,17-21H2,(H2,33,40)(H,36,41)(H,42,43)/t27-,28-,29-/m0/s1. The number of aromatic nitrogens is 1. The Morgan fingerprint density at radius 3 is 2.19 bits per heavy atom. The lowest BCUT2D eigenvalue weighted by atomic mass is 10.00. The van der Waals surface area contributed by atoms with E-state index in [0.29, 0.717) is 5.69 Å². The fourth-order valence-corrected chi connectivity index (χ4v) is 4.77. The second-order valence-corrected chi connectivity index (χ2v) is 10.3. The van der Waals surface area contributed by atoms with E-state index in [2.05, 4.69) is 21.0 Å². The van der Waals surface area contributed by atoms with E-state index in [9.17, 15) is 24.6 Å². The van der Waals surface area contributed by atoms with Crippen molar-refractivity contribution in [2.24, 2.45) is 5.73 Å². The van der Waals surface area contributed by atoms with Crippen molar-refractivity contribution >= 4 is 28.8 Å². The molecule has 3 aromatic carbocycles. The van der Waals surface area contributed by atoms with Gasteiger partial charge in [-0.05, 0) is 29.7 Å². The molecule has 4 rings (SSSR count). The van der Waals surface area contributed by atoms with Gasteiger partial charge in [0.2, 0.25) is 11.8 Å². The molecule has 11 nitrogen and oxygen atoms in total. The monoisotopic (exact) mass is 584 g/mol. The molecule has 224 valence electrons. The molecule has 4 aromatic rings. The zero-order valence-electron chi connectivity index (χ0n) is 23.6. The van der Waals surface area contributed by atoms with Gasteiger partial charge in [-0.2, -0.15) is 0 Å². The second-order valence-electron chi connectivity index (χ2n) is 10.3. The maximum atomic E-state index is 13.5. The number of nitrogens with one attached hydrogen (secondary N) is 3. The molecular weight excluding hydrogens is 548 g/mol. The van der Waals surface area contributed by atoms with Crippen LogP contribution in [0.3, 0.4) is 0 Å². The first-order valence-electron chi connectivity index (χ1n) is 13.9. The van der Waals surface area contributed by atoms with Crippen LogP contribution in [-0.4, -0.2) is 62.8 Å². The highest BCUT2D eigenvalue weighted by Crippen LogP contribution is 2.13. The summed E-state index contributed by atoms with van der Waals surface area (Å²) in [5, 5.41) is 29.1. The Morgan fingerprint density at radius 2 is 1.51 bits per heavy atom. The Balaban J connectivity index is 1.50. The van der Waals surface area contributed by atoms with E-state index in [0.717, 1.165) is 22.0 Å². The van der Waals surface area contributed by atoms with Crippen molar-refractivity contribution < 1.29 is 24.6 Å². The molecule has 0 spiro atoms. The quantitative estimate of drug-likeness (QED) is 0.116. The molecule has 0 aliphatic rings. The minimum absolute atomic E-state index is 0.117. The molecule has 11 heteroatoms. The molecule has 43 heavy (non-hydrogen) atoms. The van der Waals surface area contributed by atoms with E-state index in [1.807, 2.05) is 97.1 Å². The summed E-state index contributed by atoms with van der Waals surface area (Å²) in [5.74, 6) is -1.20. The van der Waals surface area contributed by atoms with Crippen molar-refractivity contribution in [1.82, 2.24) is 26.1 Å². The molecule has 0 aliphatic heterocycles. The minimum Gasteiger partial charge on any atom is -0.464 e. The van der Waals surface area contributed by atoms with Crippen LogP contribution in [0.4, 0.5) is 4.79 Å². The number of fused-ring (bicyclic) bond motifs is 1. The Hall–Kier alpha value is -4.84. The highest BCUT2D eigenvalue weighted by Gasteiger charge is 2.29. The van der Waals surface area contributed by atoms with Gasteiger partial charge in [0.25, 0.3) is 0 Å². The van der Waals surface area contributed by atoms with Crippen molar-refractivity contribution in [2.45, 2.75) is 44.1 Å². The van der Waals surface area contributed by atoms with Gasteiger partial charge in [0.15, 0.2) is 0 Å². The fraction of sp³-hybridized carbons (Fsp3) is 0.250. The average molecular weight is 585 g/mol. The third-order valence-corrected chi connectivity index (χ3v) is 6.88. The Kier molecular flexibility index (Phi) is 11.1. The number of pyridine rings is 1. The van der Waals surface area contributed by atoms with Gasteiger partial charge >= 0.3 is 6.09 Å². The maximum Gasteiger partial charge on any atom is 0.419 e. The van der Waals surface area contributed by atoms with Crippen LogP contribution in [-0.2, 0) is 29.1 Å². The summed E-state index contributed by atoms with van der Waals surface area (Å²) in [4.78, 5) is 41.6. The molecule has 0 bridgehead atoms. The number of nitrogens with two attached hydrogens (primary N) is 1. The first kappa shape index (κ1) is 31.1. The minimum atomic E-state index is -1.28. The highest BCUT2D eigenvalue weighted by molar-refractivity contribution is 5.88. The van der Waals surface area contributed by atoms with Crippen molar-refractivity contribution in [2.75, 3.05) is 6.54 Å². The smallest absolute Gasteiger partial charge is 0.419 e. The SMILES string of the molecule is NC(=O)C[C@H](NCc1ccc2ccccc2n1)C(=O)N[C@@H](Cc1ccccc1)[C@@H](O)CN(Cc1ccccc1)NC(=O)O. The fourth-order valence-electron chi connectivity index (χ4n) is 4.77. The third kappa shape index (κ3) is 9.89. The number of para-hydroxylation sites is 1. The predicted molar refractivity (Wildman–Crippen MR) is 162 cm³/mol. The van der Waals surface area contributed by atoms with Crippen molar-refractivity contribution in [3.8, 4) is 0 Å². The molecule has 3 amide bonds. The van der Waals surface area contributed by atoms with Gasteiger partial charge in [-0.1, -0.05) is 84.9 Å². The third-order valence-electron chi connectivity index (χ3n) is 6.88. The van der Waals surface area contributed by atoms with Crippen LogP contribution in [0.1, 0.15) is 23.2 Å². The summed E-state index contributed by atoms with van der Waals surface area (Å²) in [5.41, 5.74) is 11.0. The van der Waals surface area contributed by atoms with E-state index in [1.165, 1.54) is 5.01 Å². The van der Waals surface area contributed by atoms with Crippen LogP contribution in [0.2, 0.25) is 0 Å². The number of aliphatic hydroxyl groups excluding tert-OH is 1. The van der Waals surface area contributed by atoms with Crippen LogP contribution in [0.15, 0.2) is 97.1 Å². The van der Waals surface area contributed by atoms with Crippen LogP contribution in [0.25, 0.3) is 10.9 Å². The van der Waals surface area contributed by atoms with Crippen molar-refractivity contribution in [3.63, 3.8) is 0 Å². The van der Waals surface area contributed by atoms with E-state index in [4.69, 9.17) is 5.73 Å². The van der Waals surface area contributed by atoms with Gasteiger partial charge in [-0.3, -0.25) is 25.3 Å². The number of hydrogen-bond acceptors (Lipinski definition) is 7. The van der Waals surface area contributed by atoms with Crippen molar-refractivity contribution in [3.05, 3.63) is 114 Å². The summed E-state index contributed by atoms with van der Waals surface area (Å²) < 4.78 is 0. The lowest BCUT2D eigenvalue weighted by molar-refractivity contribution is -0.128. The van der Waals surface area contributed by atoms with Gasteiger partial charge in [0.05, 0.1) is 35.8 Å². The van der Waals surface area contributed by atoms with E-state index >= 15 is 0 Å². The first-order chi connectivity index (χ1) is 20.8. The number of carbonyl (C=O) groups excluding carboxylic acids is 2. The Bertz CT molecular complexity index is 1500. The lowest BCUT2D eigenvalue weighted by Crippen LogP contribution is -2.56. The van der Waals surface area contributed by atoms with Gasteiger partial charge in [-0.15, -0.1) is 0 Å². The molecule has 1 heterocycles. The van der Waals surface area contributed by atoms with Crippen molar-refractivity contribution in [1.29, 1.82) is 0 Å². The van der Waals surface area contributed by atoms with Crippen LogP contribution in [0, 0.1) is 0 Å². The number of nitrogens with zero attached hydrogens (tertiary/aromatic N) is 2. The molecule has 3 atom stereocenters. The van der Waals surface area contributed by atoms with Crippen LogP contribution < -0.4 is 21.8 Å². The number of carboxylic acid groups (broad SMARTS) is 1. The molecule has 0 radical (unpaired) electrons. The summed E-state index contributed by atoms with van der Waals surface area (Å²) in [6.07, 6.45) is -2.47. The van der Waals surface area contributed by atoms with Gasteiger partial charge < -0.3 is 21.3 Å². The van der Waals surface area contributed by atoms with Gasteiger partial charge in [0, 0.05) is 25.0 Å². The molecule has 0 unspecified atom stereocenters. The normalized spacial score (nSPS) is 13.3. The number of primary amides is 1. The number of rotatable bonds is 15. The summed E-state index contributed by atoms with van der Waals surface area (Å²) in [6, 6.07) is 28.1. The first-order valence-corrected chi connectivity index (χ1v) is 13.9. The number of hydrazine groups is 1. The number of hydrogen-bond donors (Lipinski definition) is 6. The van der Waals surface area contributed by atoms with Crippen LogP contribution in [0.5, 0.6) is 0 Å². The Labute approximate surface area is 249 Å².